The largest absolute Gasteiger partial charge is 0.497 e. The van der Waals surface area contributed by atoms with Crippen LogP contribution in [0.5, 0.6) is 5.75 Å². The second-order valence-corrected chi connectivity index (χ2v) is 9.21. The molecule has 3 heterocycles. The monoisotopic (exact) mass is 463 g/mol. The lowest BCUT2D eigenvalue weighted by atomic mass is 9.86. The molecule has 2 fully saturated rings. The molecular weight excluding hydrogens is 438 g/mol. The fraction of sp³-hybridized carbons (Fsp3) is 0.207. The second kappa shape index (κ2) is 8.32. The van der Waals surface area contributed by atoms with Gasteiger partial charge in [-0.15, -0.1) is 0 Å². The molecule has 0 aliphatic carbocycles. The maximum atomic E-state index is 13.8. The van der Waals surface area contributed by atoms with E-state index in [2.05, 4.69) is 11.0 Å². The van der Waals surface area contributed by atoms with E-state index in [0.717, 1.165) is 33.5 Å². The summed E-state index contributed by atoms with van der Waals surface area (Å²) in [5, 5.41) is 0.938. The summed E-state index contributed by atoms with van der Waals surface area (Å²) < 4.78 is 5.44. The van der Waals surface area contributed by atoms with E-state index in [9.17, 15) is 9.59 Å². The molecule has 0 spiro atoms. The lowest BCUT2D eigenvalue weighted by molar-refractivity contribution is -0.123. The average Bonchev–Trinajstić information content (AvgIpc) is 3.36. The van der Waals surface area contributed by atoms with E-state index in [-0.39, 0.29) is 23.8 Å². The molecule has 35 heavy (non-hydrogen) atoms. The Morgan fingerprint density at radius 2 is 1.60 bits per heavy atom. The topological polar surface area (TPSA) is 62.7 Å². The van der Waals surface area contributed by atoms with Gasteiger partial charge in [0.05, 0.1) is 35.8 Å². The Balaban J connectivity index is 1.52. The van der Waals surface area contributed by atoms with Crippen LogP contribution < -0.4 is 9.64 Å². The number of carbonyl (C=O) groups is 2. The summed E-state index contributed by atoms with van der Waals surface area (Å²) in [6.45, 7) is 0.521. The van der Waals surface area contributed by atoms with Gasteiger partial charge < -0.3 is 4.74 Å². The Bertz CT molecular complexity index is 1440. The van der Waals surface area contributed by atoms with Crippen molar-refractivity contribution in [1.29, 1.82) is 0 Å². The van der Waals surface area contributed by atoms with Crippen LogP contribution in [0.3, 0.4) is 0 Å². The van der Waals surface area contributed by atoms with Crippen molar-refractivity contribution < 1.29 is 14.3 Å². The van der Waals surface area contributed by atoms with Gasteiger partial charge in [0.1, 0.15) is 5.75 Å². The van der Waals surface area contributed by atoms with E-state index in [1.807, 2.05) is 85.9 Å². The minimum Gasteiger partial charge on any atom is -0.497 e. The normalized spacial score (nSPS) is 22.1. The van der Waals surface area contributed by atoms with Crippen LogP contribution in [0.1, 0.15) is 11.6 Å². The van der Waals surface area contributed by atoms with Crippen LogP contribution in [0, 0.1) is 11.8 Å². The van der Waals surface area contributed by atoms with Gasteiger partial charge in [-0.3, -0.25) is 14.5 Å². The third-order valence-electron chi connectivity index (χ3n) is 7.21. The highest BCUT2D eigenvalue weighted by Gasteiger charge is 2.57. The number of benzene rings is 3. The second-order valence-electron chi connectivity index (χ2n) is 9.21. The molecule has 6 nitrogen and oxygen atoms in total. The van der Waals surface area contributed by atoms with Crippen molar-refractivity contribution in [3.63, 3.8) is 0 Å². The average molecular weight is 464 g/mol. The number of anilines is 1. The lowest BCUT2D eigenvalue weighted by Crippen LogP contribution is -2.36. The number of para-hydroxylation sites is 1. The van der Waals surface area contributed by atoms with Crippen LogP contribution in [0.4, 0.5) is 5.69 Å². The van der Waals surface area contributed by atoms with E-state index in [1.54, 1.807) is 7.11 Å². The Morgan fingerprint density at radius 1 is 0.886 bits per heavy atom. The number of carbonyl (C=O) groups excluding carboxylic acids is 2. The van der Waals surface area contributed by atoms with Crippen molar-refractivity contribution in [3.8, 4) is 17.0 Å². The molecule has 2 aliphatic rings. The van der Waals surface area contributed by atoms with Crippen LogP contribution in [-0.2, 0) is 9.59 Å². The van der Waals surface area contributed by atoms with Crippen molar-refractivity contribution in [2.24, 2.45) is 11.8 Å². The molecule has 1 aromatic heterocycles. The standard InChI is InChI=1S/C29H25N3O3/c1-31-17-23-25(29(34)32(28(23)33)20-11-7-4-8-12-20)27(31)22-16-19-15-21(35-2)13-14-24(19)30-26(22)18-9-5-3-6-10-18/h3-16,23,25,27H,17H2,1-2H3/t23-,25-,27-/m0/s1. The molecule has 2 aliphatic heterocycles. The van der Waals surface area contributed by atoms with E-state index >= 15 is 0 Å². The fourth-order valence-electron chi connectivity index (χ4n) is 5.61. The first kappa shape index (κ1) is 21.5. The number of nitrogens with zero attached hydrogens (tertiary/aromatic N) is 3. The molecule has 6 heteroatoms. The highest BCUT2D eigenvalue weighted by atomic mass is 16.5. The van der Waals surface area contributed by atoms with Crippen LogP contribution in [-0.4, -0.2) is 42.4 Å². The molecule has 6 rings (SSSR count). The number of rotatable bonds is 4. The summed E-state index contributed by atoms with van der Waals surface area (Å²) in [6, 6.07) is 26.9. The minimum atomic E-state index is -0.472. The Kier molecular flexibility index (Phi) is 5.11. The van der Waals surface area contributed by atoms with Crippen LogP contribution in [0.25, 0.3) is 22.2 Å². The third kappa shape index (κ3) is 3.41. The Hall–Kier alpha value is -4.03. The maximum absolute atomic E-state index is 13.8. The van der Waals surface area contributed by atoms with Crippen LogP contribution in [0.2, 0.25) is 0 Å². The summed E-state index contributed by atoms with van der Waals surface area (Å²) in [7, 11) is 3.63. The van der Waals surface area contributed by atoms with Crippen molar-refractivity contribution in [1.82, 2.24) is 9.88 Å². The first-order valence-electron chi connectivity index (χ1n) is 11.7. The van der Waals surface area contributed by atoms with Gasteiger partial charge in [0.25, 0.3) is 0 Å². The zero-order valence-electron chi connectivity index (χ0n) is 19.6. The van der Waals surface area contributed by atoms with Gasteiger partial charge in [-0.25, -0.2) is 9.88 Å². The molecule has 3 atom stereocenters. The number of aromatic nitrogens is 1. The van der Waals surface area contributed by atoms with Gasteiger partial charge in [-0.05, 0) is 49.0 Å². The van der Waals surface area contributed by atoms with Crippen molar-refractivity contribution in [2.75, 3.05) is 25.6 Å². The molecule has 0 bridgehead atoms. The minimum absolute atomic E-state index is 0.128. The number of pyridine rings is 1. The number of amides is 2. The van der Waals surface area contributed by atoms with E-state index in [4.69, 9.17) is 9.72 Å². The van der Waals surface area contributed by atoms with Crippen molar-refractivity contribution in [2.45, 2.75) is 6.04 Å². The third-order valence-corrected chi connectivity index (χ3v) is 7.21. The smallest absolute Gasteiger partial charge is 0.239 e. The molecule has 2 amide bonds. The molecule has 0 N–H and O–H groups in total. The Labute approximate surface area is 203 Å². The maximum Gasteiger partial charge on any atom is 0.239 e. The first-order valence-corrected chi connectivity index (χ1v) is 11.7. The molecule has 0 saturated carbocycles. The first-order chi connectivity index (χ1) is 17.1. The van der Waals surface area contributed by atoms with E-state index in [1.165, 1.54) is 4.90 Å². The highest BCUT2D eigenvalue weighted by Crippen LogP contribution is 2.49. The van der Waals surface area contributed by atoms with Gasteiger partial charge in [-0.1, -0.05) is 48.5 Å². The molecular formula is C29H25N3O3. The van der Waals surface area contributed by atoms with Gasteiger partial charge in [0.2, 0.25) is 11.8 Å². The van der Waals surface area contributed by atoms with Gasteiger partial charge >= 0.3 is 0 Å². The summed E-state index contributed by atoms with van der Waals surface area (Å²) in [6.07, 6.45) is 0. The number of fused-ring (bicyclic) bond motifs is 2. The SMILES string of the molecule is COc1ccc2nc(-c3ccccc3)c([C@H]3[C@H]4C(=O)N(c5ccccc5)C(=O)[C@H]4CN3C)cc2c1. The lowest BCUT2D eigenvalue weighted by Gasteiger charge is -2.27. The summed E-state index contributed by atoms with van der Waals surface area (Å²) >= 11 is 0. The Morgan fingerprint density at radius 3 is 2.31 bits per heavy atom. The molecule has 3 aromatic carbocycles. The van der Waals surface area contributed by atoms with E-state index in [0.29, 0.717) is 12.2 Å². The number of hydrogen-bond acceptors (Lipinski definition) is 5. The summed E-state index contributed by atoms with van der Waals surface area (Å²) in [5.74, 6) is -0.386. The fourth-order valence-corrected chi connectivity index (χ4v) is 5.61. The van der Waals surface area contributed by atoms with E-state index < -0.39 is 5.92 Å². The van der Waals surface area contributed by atoms with Crippen molar-refractivity contribution >= 4 is 28.4 Å². The predicted molar refractivity (Wildman–Crippen MR) is 135 cm³/mol. The number of hydrogen-bond donors (Lipinski definition) is 0. The van der Waals surface area contributed by atoms with Gasteiger partial charge in [0.15, 0.2) is 0 Å². The zero-order valence-corrected chi connectivity index (χ0v) is 19.6. The zero-order chi connectivity index (χ0) is 24.1. The molecule has 0 radical (unpaired) electrons. The molecule has 0 unspecified atom stereocenters. The summed E-state index contributed by atoms with van der Waals surface area (Å²) in [5.41, 5.74) is 4.24. The number of imide groups is 1. The molecule has 2 saturated heterocycles. The van der Waals surface area contributed by atoms with Crippen LogP contribution in [0.15, 0.2) is 84.9 Å². The number of methoxy groups -OCH3 is 1. The van der Waals surface area contributed by atoms with Gasteiger partial charge in [-0.2, -0.15) is 0 Å². The highest BCUT2D eigenvalue weighted by molar-refractivity contribution is 6.22. The molecule has 4 aromatic rings. The van der Waals surface area contributed by atoms with Gasteiger partial charge in [0, 0.05) is 23.5 Å². The number of ether oxygens (including phenoxy) is 1. The quantitative estimate of drug-likeness (QED) is 0.411. The summed E-state index contributed by atoms with van der Waals surface area (Å²) in [4.78, 5) is 35.7. The van der Waals surface area contributed by atoms with Crippen LogP contribution >= 0.6 is 0 Å². The number of likely N-dealkylation sites (tertiary alicyclic amines) is 1. The van der Waals surface area contributed by atoms with Crippen molar-refractivity contribution in [3.05, 3.63) is 90.5 Å². The molecule has 174 valence electrons. The predicted octanol–water partition coefficient (Wildman–Crippen LogP) is 4.70.